The smallest absolute Gasteiger partial charge is 0.308 e. The minimum absolute atomic E-state index is 0.187. The van der Waals surface area contributed by atoms with E-state index in [-0.39, 0.29) is 5.75 Å². The fourth-order valence-corrected chi connectivity index (χ4v) is 1.47. The molecule has 5 nitrogen and oxygen atoms in total. The Balaban J connectivity index is 3.26. The molecule has 0 atom stereocenters. The lowest BCUT2D eigenvalue weighted by molar-refractivity contribution is -0.132. The Hall–Kier alpha value is -2.01. The summed E-state index contributed by atoms with van der Waals surface area (Å²) in [6.07, 6.45) is 2.69. The molecule has 0 N–H and O–H groups in total. The molecule has 0 saturated heterocycles. The minimum Gasteiger partial charge on any atom is -0.493 e. The quantitative estimate of drug-likeness (QED) is 0.360. The molecule has 0 radical (unpaired) electrons. The normalized spacial score (nSPS) is 10.3. The molecule has 0 aliphatic heterocycles. The fraction of sp³-hybridized carbons (Fsp3) is 0.231. The van der Waals surface area contributed by atoms with E-state index >= 15 is 0 Å². The highest BCUT2D eigenvalue weighted by molar-refractivity contribution is 6.66. The zero-order valence-electron chi connectivity index (χ0n) is 10.7. The van der Waals surface area contributed by atoms with Gasteiger partial charge in [0, 0.05) is 6.92 Å². The van der Waals surface area contributed by atoms with E-state index in [9.17, 15) is 9.59 Å². The van der Waals surface area contributed by atoms with Gasteiger partial charge in [-0.05, 0) is 41.4 Å². The van der Waals surface area contributed by atoms with Crippen molar-refractivity contribution in [2.75, 3.05) is 14.2 Å². The highest BCUT2D eigenvalue weighted by Gasteiger charge is 2.15. The van der Waals surface area contributed by atoms with Crippen LogP contribution >= 0.6 is 11.6 Å². The van der Waals surface area contributed by atoms with Crippen LogP contribution in [0.1, 0.15) is 12.5 Å². The molecule has 0 unspecified atom stereocenters. The van der Waals surface area contributed by atoms with Crippen LogP contribution in [-0.4, -0.2) is 25.4 Å². The molecule has 0 aliphatic carbocycles. The lowest BCUT2D eigenvalue weighted by Crippen LogP contribution is -2.05. The molecular formula is C13H13ClO5. The van der Waals surface area contributed by atoms with Gasteiger partial charge in [-0.1, -0.05) is 0 Å². The predicted octanol–water partition coefficient (Wildman–Crippen LogP) is 2.41. The van der Waals surface area contributed by atoms with Crippen molar-refractivity contribution < 1.29 is 23.8 Å². The van der Waals surface area contributed by atoms with Crippen LogP contribution < -0.4 is 14.2 Å². The number of benzene rings is 1. The molecule has 0 heterocycles. The van der Waals surface area contributed by atoms with Gasteiger partial charge >= 0.3 is 5.97 Å². The molecular weight excluding hydrogens is 272 g/mol. The Morgan fingerprint density at radius 3 is 2.05 bits per heavy atom. The molecule has 102 valence electrons. The van der Waals surface area contributed by atoms with Gasteiger partial charge in [0.2, 0.25) is 11.0 Å². The Labute approximate surface area is 115 Å². The molecule has 1 aromatic rings. The first-order valence-electron chi connectivity index (χ1n) is 5.30. The number of methoxy groups -OCH3 is 2. The number of esters is 1. The topological polar surface area (TPSA) is 61.8 Å². The first-order chi connectivity index (χ1) is 8.97. The van der Waals surface area contributed by atoms with Crippen LogP contribution in [0.3, 0.4) is 0 Å². The highest BCUT2D eigenvalue weighted by atomic mass is 35.5. The number of halogens is 1. The van der Waals surface area contributed by atoms with Crippen LogP contribution in [0.2, 0.25) is 0 Å². The molecule has 1 aromatic carbocycles. The zero-order chi connectivity index (χ0) is 14.4. The number of allylic oxidation sites excluding steroid dienone is 1. The van der Waals surface area contributed by atoms with Gasteiger partial charge in [-0.25, -0.2) is 0 Å². The first-order valence-corrected chi connectivity index (χ1v) is 5.67. The average Bonchev–Trinajstić information content (AvgIpc) is 2.36. The van der Waals surface area contributed by atoms with E-state index in [1.165, 1.54) is 33.3 Å². The monoisotopic (exact) mass is 284 g/mol. The van der Waals surface area contributed by atoms with Crippen molar-refractivity contribution >= 4 is 28.9 Å². The largest absolute Gasteiger partial charge is 0.493 e. The molecule has 0 amide bonds. The van der Waals surface area contributed by atoms with Gasteiger partial charge in [0.25, 0.3) is 0 Å². The minimum atomic E-state index is -0.595. The lowest BCUT2D eigenvalue weighted by Gasteiger charge is -2.13. The fourth-order valence-electron chi connectivity index (χ4n) is 1.40. The number of hydrogen-bond acceptors (Lipinski definition) is 5. The summed E-state index contributed by atoms with van der Waals surface area (Å²) in [5.41, 5.74) is 0.624. The van der Waals surface area contributed by atoms with Crippen LogP contribution in [0.4, 0.5) is 0 Å². The predicted molar refractivity (Wildman–Crippen MR) is 70.7 cm³/mol. The van der Waals surface area contributed by atoms with E-state index in [0.717, 1.165) is 0 Å². The van der Waals surface area contributed by atoms with E-state index < -0.39 is 11.2 Å². The Bertz CT molecular complexity index is 497. The number of rotatable bonds is 5. The number of hydrogen-bond donors (Lipinski definition) is 0. The van der Waals surface area contributed by atoms with Crippen molar-refractivity contribution in [1.82, 2.24) is 0 Å². The molecule has 1 rings (SSSR count). The first kappa shape index (κ1) is 15.0. The van der Waals surface area contributed by atoms with Crippen molar-refractivity contribution in [2.45, 2.75) is 6.92 Å². The van der Waals surface area contributed by atoms with Crippen LogP contribution in [0.5, 0.6) is 17.2 Å². The van der Waals surface area contributed by atoms with Crippen molar-refractivity contribution in [3.05, 3.63) is 23.8 Å². The van der Waals surface area contributed by atoms with Gasteiger partial charge in [0.05, 0.1) is 14.2 Å². The van der Waals surface area contributed by atoms with Crippen molar-refractivity contribution in [2.24, 2.45) is 0 Å². The second-order valence-electron chi connectivity index (χ2n) is 3.49. The summed E-state index contributed by atoms with van der Waals surface area (Å²) in [6, 6.07) is 3.19. The van der Waals surface area contributed by atoms with Crippen LogP contribution in [0, 0.1) is 0 Å². The van der Waals surface area contributed by atoms with E-state index in [4.69, 9.17) is 25.8 Å². The number of carbonyl (C=O) groups is 2. The SMILES string of the molecule is COc1cc(C=CC(=O)Cl)cc(OC)c1OC(C)=O. The van der Waals surface area contributed by atoms with Gasteiger partial charge in [-0.15, -0.1) is 0 Å². The number of carbonyl (C=O) groups excluding carboxylic acids is 2. The molecule has 0 aromatic heterocycles. The number of ether oxygens (including phenoxy) is 3. The third kappa shape index (κ3) is 4.30. The van der Waals surface area contributed by atoms with Crippen LogP contribution in [0.15, 0.2) is 18.2 Å². The summed E-state index contributed by atoms with van der Waals surface area (Å²) < 4.78 is 15.3. The summed E-state index contributed by atoms with van der Waals surface area (Å²) in [4.78, 5) is 21.7. The summed E-state index contributed by atoms with van der Waals surface area (Å²) in [5, 5.41) is -0.595. The maximum Gasteiger partial charge on any atom is 0.308 e. The van der Waals surface area contributed by atoms with Gasteiger partial charge in [-0.3, -0.25) is 9.59 Å². The van der Waals surface area contributed by atoms with E-state index in [2.05, 4.69) is 0 Å². The van der Waals surface area contributed by atoms with E-state index in [1.54, 1.807) is 12.1 Å². The van der Waals surface area contributed by atoms with Crippen LogP contribution in [-0.2, 0) is 9.59 Å². The molecule has 0 bridgehead atoms. The molecule has 6 heteroatoms. The maximum absolute atomic E-state index is 11.0. The van der Waals surface area contributed by atoms with Gasteiger partial charge < -0.3 is 14.2 Å². The lowest BCUT2D eigenvalue weighted by atomic mass is 10.1. The Kier molecular flexibility index (Phi) is 5.38. The summed E-state index contributed by atoms with van der Waals surface area (Å²) in [7, 11) is 2.87. The average molecular weight is 285 g/mol. The summed E-state index contributed by atoms with van der Waals surface area (Å²) >= 11 is 5.22. The van der Waals surface area contributed by atoms with Gasteiger partial charge in [0.1, 0.15) is 0 Å². The molecule has 0 fully saturated rings. The van der Waals surface area contributed by atoms with Gasteiger partial charge in [-0.2, -0.15) is 0 Å². The summed E-state index contributed by atoms with van der Waals surface area (Å²) in [5.74, 6) is 0.329. The van der Waals surface area contributed by atoms with Gasteiger partial charge in [0.15, 0.2) is 11.5 Å². The zero-order valence-corrected chi connectivity index (χ0v) is 11.5. The Morgan fingerprint density at radius 1 is 1.16 bits per heavy atom. The van der Waals surface area contributed by atoms with Crippen molar-refractivity contribution in [1.29, 1.82) is 0 Å². The standard InChI is InChI=1S/C13H13ClO5/c1-8(15)19-13-10(17-2)6-9(4-5-12(14)16)7-11(13)18-3/h4-7H,1-3H3. The highest BCUT2D eigenvalue weighted by Crippen LogP contribution is 2.39. The van der Waals surface area contributed by atoms with Crippen LogP contribution in [0.25, 0.3) is 6.08 Å². The third-order valence-corrected chi connectivity index (χ3v) is 2.26. The van der Waals surface area contributed by atoms with Crippen molar-refractivity contribution in [3.8, 4) is 17.2 Å². The maximum atomic E-state index is 11.0. The van der Waals surface area contributed by atoms with E-state index in [0.29, 0.717) is 17.1 Å². The Morgan fingerprint density at radius 2 is 1.68 bits per heavy atom. The van der Waals surface area contributed by atoms with Crippen molar-refractivity contribution in [3.63, 3.8) is 0 Å². The van der Waals surface area contributed by atoms with E-state index in [1.807, 2.05) is 0 Å². The molecule has 0 aliphatic rings. The molecule has 19 heavy (non-hydrogen) atoms. The molecule has 0 spiro atoms. The molecule has 0 saturated carbocycles. The third-order valence-electron chi connectivity index (χ3n) is 2.14. The summed E-state index contributed by atoms with van der Waals surface area (Å²) in [6.45, 7) is 1.28. The second-order valence-corrected chi connectivity index (χ2v) is 3.86. The second kappa shape index (κ2) is 6.80.